The molecule has 1 amide bonds. The fourth-order valence-corrected chi connectivity index (χ4v) is 4.55. The Morgan fingerprint density at radius 3 is 2.60 bits per heavy atom. The number of anilines is 2. The number of aromatic nitrogens is 3. The Bertz CT molecular complexity index is 1410. The number of hydrogen-bond acceptors (Lipinski definition) is 5. The van der Waals surface area contributed by atoms with Crippen molar-refractivity contribution in [2.24, 2.45) is 0 Å². The molecular formula is C27H29FN6O. The maximum Gasteiger partial charge on any atom is 0.235 e. The van der Waals surface area contributed by atoms with Crippen molar-refractivity contribution in [1.29, 1.82) is 0 Å². The number of carbonyl (C=O) groups is 1. The smallest absolute Gasteiger partial charge is 0.235 e. The molecule has 7 nitrogen and oxygen atoms in total. The Morgan fingerprint density at radius 1 is 1.17 bits per heavy atom. The SMILES string of the molecule is Cc1ccc(F)c(C2(C(=O)Nc3ccc(-c4ccnc5c4c(N)nn5CCN(C)C)cc3)CC2)c1. The number of hydrogen-bond donors (Lipinski definition) is 2. The lowest BCUT2D eigenvalue weighted by Gasteiger charge is -2.17. The summed E-state index contributed by atoms with van der Waals surface area (Å²) >= 11 is 0. The summed E-state index contributed by atoms with van der Waals surface area (Å²) in [5.41, 5.74) is 10.2. The van der Waals surface area contributed by atoms with Gasteiger partial charge in [-0.2, -0.15) is 5.10 Å². The third-order valence-electron chi connectivity index (χ3n) is 6.69. The van der Waals surface area contributed by atoms with Crippen LogP contribution in [0.5, 0.6) is 0 Å². The molecule has 4 aromatic rings. The van der Waals surface area contributed by atoms with Crippen molar-refractivity contribution in [1.82, 2.24) is 19.7 Å². The fraction of sp³-hybridized carbons (Fsp3) is 0.296. The number of amides is 1. The van der Waals surface area contributed by atoms with Crippen LogP contribution in [0.15, 0.2) is 54.7 Å². The van der Waals surface area contributed by atoms with Gasteiger partial charge in [-0.25, -0.2) is 14.1 Å². The monoisotopic (exact) mass is 472 g/mol. The van der Waals surface area contributed by atoms with E-state index in [2.05, 4.69) is 20.3 Å². The summed E-state index contributed by atoms with van der Waals surface area (Å²) in [4.78, 5) is 19.7. The van der Waals surface area contributed by atoms with Crippen LogP contribution in [0.2, 0.25) is 0 Å². The van der Waals surface area contributed by atoms with E-state index in [4.69, 9.17) is 5.73 Å². The van der Waals surface area contributed by atoms with E-state index in [1.54, 1.807) is 18.3 Å². The van der Waals surface area contributed by atoms with Crippen LogP contribution >= 0.6 is 0 Å². The van der Waals surface area contributed by atoms with Gasteiger partial charge in [-0.15, -0.1) is 0 Å². The predicted molar refractivity (Wildman–Crippen MR) is 137 cm³/mol. The number of pyridine rings is 1. The van der Waals surface area contributed by atoms with Crippen LogP contribution < -0.4 is 11.1 Å². The minimum atomic E-state index is -0.790. The number of likely N-dealkylation sites (N-methyl/N-ethyl adjacent to an activating group) is 1. The molecule has 1 saturated carbocycles. The summed E-state index contributed by atoms with van der Waals surface area (Å²) in [7, 11) is 4.02. The van der Waals surface area contributed by atoms with Crippen LogP contribution in [0.25, 0.3) is 22.2 Å². The number of aryl methyl sites for hydroxylation is 1. The molecule has 1 aliphatic rings. The molecule has 1 fully saturated rings. The summed E-state index contributed by atoms with van der Waals surface area (Å²) in [6.07, 6.45) is 3.04. The van der Waals surface area contributed by atoms with E-state index < -0.39 is 5.41 Å². The molecular weight excluding hydrogens is 443 g/mol. The molecule has 180 valence electrons. The maximum absolute atomic E-state index is 14.5. The minimum absolute atomic E-state index is 0.174. The molecule has 0 atom stereocenters. The van der Waals surface area contributed by atoms with Gasteiger partial charge in [0.15, 0.2) is 11.5 Å². The molecule has 2 heterocycles. The van der Waals surface area contributed by atoms with Crippen molar-refractivity contribution in [2.75, 3.05) is 31.7 Å². The zero-order chi connectivity index (χ0) is 24.7. The van der Waals surface area contributed by atoms with E-state index in [1.165, 1.54) is 6.07 Å². The molecule has 0 aliphatic heterocycles. The highest BCUT2D eigenvalue weighted by Crippen LogP contribution is 2.50. The van der Waals surface area contributed by atoms with Crippen molar-refractivity contribution >= 4 is 28.4 Å². The molecule has 5 rings (SSSR count). The van der Waals surface area contributed by atoms with Crippen LogP contribution in [-0.4, -0.2) is 46.2 Å². The quantitative estimate of drug-likeness (QED) is 0.417. The van der Waals surface area contributed by atoms with Crippen LogP contribution in [0, 0.1) is 12.7 Å². The van der Waals surface area contributed by atoms with Gasteiger partial charge in [0, 0.05) is 24.0 Å². The van der Waals surface area contributed by atoms with Gasteiger partial charge < -0.3 is 16.0 Å². The Labute approximate surface area is 203 Å². The number of nitrogens with one attached hydrogen (secondary N) is 1. The fourth-order valence-electron chi connectivity index (χ4n) is 4.55. The highest BCUT2D eigenvalue weighted by molar-refractivity contribution is 6.02. The Balaban J connectivity index is 1.39. The lowest BCUT2D eigenvalue weighted by atomic mass is 9.93. The molecule has 35 heavy (non-hydrogen) atoms. The number of rotatable bonds is 7. The molecule has 0 spiro atoms. The molecule has 3 N–H and O–H groups in total. The first-order valence-electron chi connectivity index (χ1n) is 11.7. The van der Waals surface area contributed by atoms with Crippen molar-refractivity contribution < 1.29 is 9.18 Å². The summed E-state index contributed by atoms with van der Waals surface area (Å²) in [6.45, 7) is 3.42. The number of halogens is 1. The van der Waals surface area contributed by atoms with E-state index in [9.17, 15) is 9.18 Å². The van der Waals surface area contributed by atoms with E-state index in [0.29, 0.717) is 36.5 Å². The van der Waals surface area contributed by atoms with E-state index in [0.717, 1.165) is 34.3 Å². The van der Waals surface area contributed by atoms with Gasteiger partial charge in [-0.3, -0.25) is 4.79 Å². The third kappa shape index (κ3) is 4.25. The second-order valence-electron chi connectivity index (χ2n) is 9.57. The Hall–Kier alpha value is -3.78. The highest BCUT2D eigenvalue weighted by atomic mass is 19.1. The molecule has 0 bridgehead atoms. The van der Waals surface area contributed by atoms with Gasteiger partial charge in [0.1, 0.15) is 5.82 Å². The largest absolute Gasteiger partial charge is 0.382 e. The summed E-state index contributed by atoms with van der Waals surface area (Å²) in [5, 5.41) is 8.30. The average molecular weight is 473 g/mol. The number of nitrogen functional groups attached to an aromatic ring is 1. The molecule has 2 aromatic heterocycles. The third-order valence-corrected chi connectivity index (χ3v) is 6.69. The maximum atomic E-state index is 14.5. The zero-order valence-electron chi connectivity index (χ0n) is 20.2. The Morgan fingerprint density at radius 2 is 1.91 bits per heavy atom. The van der Waals surface area contributed by atoms with Crippen LogP contribution in [-0.2, 0) is 16.8 Å². The lowest BCUT2D eigenvalue weighted by Crippen LogP contribution is -2.28. The van der Waals surface area contributed by atoms with Gasteiger partial charge in [0.05, 0.1) is 17.3 Å². The highest BCUT2D eigenvalue weighted by Gasteiger charge is 2.52. The summed E-state index contributed by atoms with van der Waals surface area (Å²) in [5.74, 6) is -0.0634. The first-order chi connectivity index (χ1) is 16.8. The number of benzene rings is 2. The number of nitrogens with two attached hydrogens (primary N) is 1. The van der Waals surface area contributed by atoms with Gasteiger partial charge in [0.2, 0.25) is 5.91 Å². The van der Waals surface area contributed by atoms with Gasteiger partial charge >= 0.3 is 0 Å². The van der Waals surface area contributed by atoms with Crippen LogP contribution in [0.4, 0.5) is 15.9 Å². The van der Waals surface area contributed by atoms with Crippen molar-refractivity contribution in [3.8, 4) is 11.1 Å². The second kappa shape index (κ2) is 8.78. The second-order valence-corrected chi connectivity index (χ2v) is 9.57. The van der Waals surface area contributed by atoms with E-state index in [-0.39, 0.29) is 11.7 Å². The summed E-state index contributed by atoms with van der Waals surface area (Å²) in [6, 6.07) is 14.5. The number of nitrogens with zero attached hydrogens (tertiary/aromatic N) is 4. The lowest BCUT2D eigenvalue weighted by molar-refractivity contribution is -0.118. The van der Waals surface area contributed by atoms with E-state index in [1.807, 2.05) is 56.0 Å². The zero-order valence-corrected chi connectivity index (χ0v) is 20.2. The molecule has 2 aromatic carbocycles. The molecule has 1 aliphatic carbocycles. The minimum Gasteiger partial charge on any atom is -0.382 e. The summed E-state index contributed by atoms with van der Waals surface area (Å²) < 4.78 is 16.3. The Kier molecular flexibility index (Phi) is 5.76. The molecule has 8 heteroatoms. The van der Waals surface area contributed by atoms with E-state index >= 15 is 0 Å². The molecule has 0 radical (unpaired) electrons. The first-order valence-corrected chi connectivity index (χ1v) is 11.7. The van der Waals surface area contributed by atoms with Crippen LogP contribution in [0.3, 0.4) is 0 Å². The van der Waals surface area contributed by atoms with Crippen molar-refractivity contribution in [3.05, 3.63) is 71.7 Å². The van der Waals surface area contributed by atoms with Gasteiger partial charge in [-0.1, -0.05) is 29.8 Å². The molecule has 0 saturated heterocycles. The normalized spacial score (nSPS) is 14.4. The predicted octanol–water partition coefficient (Wildman–Crippen LogP) is 4.36. The standard InChI is InChI=1S/C27H29FN6O/c1-17-4-9-22(28)21(16-17)27(11-12-27)26(35)31-19-7-5-18(6-8-19)20-10-13-30-25-23(20)24(29)32-34(25)15-14-33(2)3/h4-10,13,16H,11-12,14-15H2,1-3H3,(H2,29,32)(H,31,35). The average Bonchev–Trinajstić information content (AvgIpc) is 3.59. The number of fused-ring (bicyclic) bond motifs is 1. The van der Waals surface area contributed by atoms with Gasteiger partial charge in [-0.05, 0) is 69.3 Å². The van der Waals surface area contributed by atoms with Crippen molar-refractivity contribution in [3.63, 3.8) is 0 Å². The first kappa shape index (κ1) is 23.0. The van der Waals surface area contributed by atoms with Crippen molar-refractivity contribution in [2.45, 2.75) is 31.7 Å². The van der Waals surface area contributed by atoms with Crippen LogP contribution in [0.1, 0.15) is 24.0 Å². The van der Waals surface area contributed by atoms with Gasteiger partial charge in [0.25, 0.3) is 0 Å². The topological polar surface area (TPSA) is 89.1 Å². The number of carbonyl (C=O) groups excluding carboxylic acids is 1. The molecule has 0 unspecified atom stereocenters.